The maximum absolute atomic E-state index is 12.3. The molecule has 1 amide bonds. The van der Waals surface area contributed by atoms with E-state index in [4.69, 9.17) is 0 Å². The molecule has 1 aromatic carbocycles. The molecule has 2 aromatic rings. The molecule has 2 heterocycles. The van der Waals surface area contributed by atoms with Crippen molar-refractivity contribution in [2.45, 2.75) is 84.1 Å². The minimum Gasteiger partial charge on any atom is -0.344 e. The predicted molar refractivity (Wildman–Crippen MR) is 104 cm³/mol. The van der Waals surface area contributed by atoms with E-state index in [9.17, 15) is 4.79 Å². The van der Waals surface area contributed by atoms with Crippen molar-refractivity contribution < 1.29 is 4.79 Å². The summed E-state index contributed by atoms with van der Waals surface area (Å²) in [5.41, 5.74) is 7.05. The highest BCUT2D eigenvalue weighted by molar-refractivity contribution is 5.97. The highest BCUT2D eigenvalue weighted by Gasteiger charge is 2.23. The lowest BCUT2D eigenvalue weighted by Crippen LogP contribution is -2.13. The van der Waals surface area contributed by atoms with E-state index < -0.39 is 0 Å². The summed E-state index contributed by atoms with van der Waals surface area (Å²) in [6, 6.07) is 4.48. The Hall–Kier alpha value is -1.77. The summed E-state index contributed by atoms with van der Waals surface area (Å²) in [5.74, 6) is 0.168. The molecule has 0 fully saturated rings. The molecule has 0 unspecified atom stereocenters. The van der Waals surface area contributed by atoms with Crippen molar-refractivity contribution in [2.75, 3.05) is 5.32 Å². The normalized spacial score (nSPS) is 16.5. The zero-order valence-corrected chi connectivity index (χ0v) is 15.5. The van der Waals surface area contributed by atoms with Crippen LogP contribution in [-0.2, 0) is 30.6 Å². The Morgan fingerprint density at radius 2 is 1.96 bits per heavy atom. The lowest BCUT2D eigenvalue weighted by molar-refractivity contribution is -0.116. The van der Waals surface area contributed by atoms with Crippen molar-refractivity contribution in [3.8, 4) is 0 Å². The number of unbranched alkanes of at least 4 members (excludes halogenated alkanes) is 2. The van der Waals surface area contributed by atoms with E-state index in [0.29, 0.717) is 6.42 Å². The molecule has 1 aliphatic carbocycles. The smallest absolute Gasteiger partial charge is 0.224 e. The number of aryl methyl sites for hydroxylation is 3. The van der Waals surface area contributed by atoms with Crippen LogP contribution in [0.5, 0.6) is 0 Å². The largest absolute Gasteiger partial charge is 0.344 e. The summed E-state index contributed by atoms with van der Waals surface area (Å²) in [6.45, 7) is 3.34. The fourth-order valence-corrected chi connectivity index (χ4v) is 4.73. The molecular weight excluding hydrogens is 308 g/mol. The molecule has 0 saturated heterocycles. The van der Waals surface area contributed by atoms with Gasteiger partial charge in [-0.15, -0.1) is 0 Å². The summed E-state index contributed by atoms with van der Waals surface area (Å²) < 4.78 is 2.60. The molecule has 0 saturated carbocycles. The molecule has 2 aliphatic rings. The second-order valence-electron chi connectivity index (χ2n) is 7.78. The quantitative estimate of drug-likeness (QED) is 0.577. The van der Waals surface area contributed by atoms with Gasteiger partial charge in [0.05, 0.1) is 5.52 Å². The summed E-state index contributed by atoms with van der Waals surface area (Å²) >= 11 is 0. The lowest BCUT2D eigenvalue weighted by atomic mass is 9.99. The molecule has 3 nitrogen and oxygen atoms in total. The maximum atomic E-state index is 12.3. The summed E-state index contributed by atoms with van der Waals surface area (Å²) in [6.07, 6.45) is 12.7. The first kappa shape index (κ1) is 16.7. The van der Waals surface area contributed by atoms with Crippen molar-refractivity contribution in [2.24, 2.45) is 0 Å². The van der Waals surface area contributed by atoms with Gasteiger partial charge in [-0.1, -0.05) is 26.2 Å². The minimum atomic E-state index is 0.168. The van der Waals surface area contributed by atoms with E-state index in [1.165, 1.54) is 61.5 Å². The zero-order valence-electron chi connectivity index (χ0n) is 15.5. The van der Waals surface area contributed by atoms with Crippen LogP contribution in [0, 0.1) is 0 Å². The number of amides is 1. The van der Waals surface area contributed by atoms with E-state index in [0.717, 1.165) is 31.4 Å². The van der Waals surface area contributed by atoms with Crippen molar-refractivity contribution in [3.05, 3.63) is 29.0 Å². The van der Waals surface area contributed by atoms with Gasteiger partial charge in [-0.25, -0.2) is 0 Å². The van der Waals surface area contributed by atoms with Gasteiger partial charge in [0.1, 0.15) is 0 Å². The topological polar surface area (TPSA) is 34.0 Å². The van der Waals surface area contributed by atoms with Crippen LogP contribution in [0.25, 0.3) is 10.9 Å². The van der Waals surface area contributed by atoms with Crippen molar-refractivity contribution in [1.29, 1.82) is 0 Å². The van der Waals surface area contributed by atoms with Crippen LogP contribution in [-0.4, -0.2) is 10.5 Å². The first-order valence-electron chi connectivity index (χ1n) is 10.2. The van der Waals surface area contributed by atoms with Gasteiger partial charge in [0, 0.05) is 29.7 Å². The standard InChI is InChI=1S/C22H30N2O/c1-2-3-5-12-21(25)23-17-14-16-9-8-13-24-20-11-7-4-6-10-18(20)19(15-17)22(16)24/h14-15H,2-13H2,1H3,(H,23,25). The van der Waals surface area contributed by atoms with Gasteiger partial charge in [-0.3, -0.25) is 4.79 Å². The molecule has 1 N–H and O–H groups in total. The number of carbonyl (C=O) groups is 1. The lowest BCUT2D eigenvalue weighted by Gasteiger charge is -2.19. The number of benzene rings is 1. The van der Waals surface area contributed by atoms with Crippen LogP contribution < -0.4 is 5.32 Å². The van der Waals surface area contributed by atoms with Gasteiger partial charge in [0.25, 0.3) is 0 Å². The molecule has 0 spiro atoms. The van der Waals surface area contributed by atoms with Gasteiger partial charge in [0.2, 0.25) is 5.91 Å². The van der Waals surface area contributed by atoms with Gasteiger partial charge >= 0.3 is 0 Å². The van der Waals surface area contributed by atoms with Crippen LogP contribution in [0.15, 0.2) is 12.1 Å². The Morgan fingerprint density at radius 3 is 2.84 bits per heavy atom. The van der Waals surface area contributed by atoms with Crippen molar-refractivity contribution in [3.63, 3.8) is 0 Å². The van der Waals surface area contributed by atoms with E-state index >= 15 is 0 Å². The third-order valence-corrected chi connectivity index (χ3v) is 5.92. The Bertz CT molecular complexity index is 787. The number of hydrogen-bond acceptors (Lipinski definition) is 1. The average Bonchev–Trinajstić information content (AvgIpc) is 2.77. The van der Waals surface area contributed by atoms with Gasteiger partial charge in [-0.2, -0.15) is 0 Å². The van der Waals surface area contributed by atoms with Crippen LogP contribution in [0.2, 0.25) is 0 Å². The SMILES string of the molecule is CCCCCC(=O)Nc1cc2c3c(c1)c1c(n3CCC2)CCCCC1. The molecule has 1 aliphatic heterocycles. The van der Waals surface area contributed by atoms with E-state index in [1.807, 2.05) is 0 Å². The average molecular weight is 338 g/mol. The summed E-state index contributed by atoms with van der Waals surface area (Å²) in [5, 5.41) is 4.59. The first-order chi connectivity index (χ1) is 12.3. The second kappa shape index (κ2) is 7.23. The van der Waals surface area contributed by atoms with Crippen LogP contribution >= 0.6 is 0 Å². The molecule has 0 atom stereocenters. The number of nitrogens with zero attached hydrogens (tertiary/aromatic N) is 1. The maximum Gasteiger partial charge on any atom is 0.224 e. The van der Waals surface area contributed by atoms with Gasteiger partial charge < -0.3 is 9.88 Å². The molecule has 0 bridgehead atoms. The number of carbonyl (C=O) groups excluding carboxylic acids is 1. The molecule has 134 valence electrons. The molecule has 25 heavy (non-hydrogen) atoms. The highest BCUT2D eigenvalue weighted by atomic mass is 16.1. The molecule has 1 aromatic heterocycles. The first-order valence-corrected chi connectivity index (χ1v) is 10.2. The zero-order chi connectivity index (χ0) is 17.2. The Morgan fingerprint density at radius 1 is 1.08 bits per heavy atom. The number of fused-ring (bicyclic) bond motifs is 3. The van der Waals surface area contributed by atoms with Gasteiger partial charge in [0.15, 0.2) is 0 Å². The predicted octanol–water partition coefficient (Wildman–Crippen LogP) is 5.38. The number of anilines is 1. The summed E-state index contributed by atoms with van der Waals surface area (Å²) in [7, 11) is 0. The number of nitrogens with one attached hydrogen (secondary N) is 1. The second-order valence-corrected chi connectivity index (χ2v) is 7.78. The van der Waals surface area contributed by atoms with Crippen molar-refractivity contribution in [1.82, 2.24) is 4.57 Å². The fourth-order valence-electron chi connectivity index (χ4n) is 4.73. The number of rotatable bonds is 5. The monoisotopic (exact) mass is 338 g/mol. The fraction of sp³-hybridized carbons (Fsp3) is 0.591. The molecular formula is C22H30N2O. The third-order valence-electron chi connectivity index (χ3n) is 5.92. The molecule has 0 radical (unpaired) electrons. The molecule has 3 heteroatoms. The van der Waals surface area contributed by atoms with E-state index in [1.54, 1.807) is 11.3 Å². The number of aromatic nitrogens is 1. The van der Waals surface area contributed by atoms with Crippen LogP contribution in [0.1, 0.15) is 75.1 Å². The minimum absolute atomic E-state index is 0.168. The Kier molecular flexibility index (Phi) is 4.82. The highest BCUT2D eigenvalue weighted by Crippen LogP contribution is 2.38. The van der Waals surface area contributed by atoms with Crippen molar-refractivity contribution >= 4 is 22.5 Å². The van der Waals surface area contributed by atoms with Crippen LogP contribution in [0.3, 0.4) is 0 Å². The summed E-state index contributed by atoms with van der Waals surface area (Å²) in [4.78, 5) is 12.3. The third kappa shape index (κ3) is 3.21. The van der Waals surface area contributed by atoms with Crippen LogP contribution in [0.4, 0.5) is 5.69 Å². The number of hydrogen-bond donors (Lipinski definition) is 1. The van der Waals surface area contributed by atoms with E-state index in [2.05, 4.69) is 28.9 Å². The molecule has 4 rings (SSSR count). The van der Waals surface area contributed by atoms with E-state index in [-0.39, 0.29) is 5.91 Å². The Balaban J connectivity index is 1.69. The Labute approximate surface area is 150 Å². The van der Waals surface area contributed by atoms with Gasteiger partial charge in [-0.05, 0) is 68.2 Å².